The lowest BCUT2D eigenvalue weighted by atomic mass is 10.1. The quantitative estimate of drug-likeness (QED) is 0.859. The Morgan fingerprint density at radius 2 is 1.71 bits per heavy atom. The summed E-state index contributed by atoms with van der Waals surface area (Å²) in [5, 5.41) is 5.58. The molecule has 2 fully saturated rings. The van der Waals surface area contributed by atoms with Crippen LogP contribution in [-0.2, 0) is 10.0 Å². The molecular formula is C17H20Cl2N2O2S. The summed E-state index contributed by atoms with van der Waals surface area (Å²) in [5.41, 5.74) is 0. The van der Waals surface area contributed by atoms with Crippen LogP contribution in [-0.4, -0.2) is 37.9 Å². The third-order valence-electron chi connectivity index (χ3n) is 4.93. The molecule has 0 aromatic heterocycles. The number of halogens is 2. The maximum Gasteiger partial charge on any atom is 0.243 e. The van der Waals surface area contributed by atoms with Crippen LogP contribution in [0.2, 0.25) is 5.02 Å². The minimum Gasteiger partial charge on any atom is -0.310 e. The molecule has 0 radical (unpaired) electrons. The van der Waals surface area contributed by atoms with E-state index in [9.17, 15) is 8.42 Å². The third-order valence-corrected chi connectivity index (χ3v) is 7.19. The van der Waals surface area contributed by atoms with Gasteiger partial charge in [-0.1, -0.05) is 35.9 Å². The van der Waals surface area contributed by atoms with Crippen molar-refractivity contribution in [3.8, 4) is 0 Å². The fraction of sp³-hybridized carbons (Fsp3) is 0.412. The minimum atomic E-state index is -3.52. The number of rotatable bonds is 2. The van der Waals surface area contributed by atoms with Crippen molar-refractivity contribution in [2.75, 3.05) is 13.1 Å². The second-order valence-electron chi connectivity index (χ2n) is 6.38. The smallest absolute Gasteiger partial charge is 0.243 e. The van der Waals surface area contributed by atoms with Crippen molar-refractivity contribution in [3.05, 3.63) is 41.4 Å². The van der Waals surface area contributed by atoms with E-state index in [0.29, 0.717) is 34.4 Å². The van der Waals surface area contributed by atoms with Crippen molar-refractivity contribution >= 4 is 44.8 Å². The lowest BCUT2D eigenvalue weighted by molar-refractivity contribution is 0.384. The molecule has 24 heavy (non-hydrogen) atoms. The SMILES string of the molecule is Cl.O=S(=O)(c1ccc(Cl)c2ccccc12)N1CCC2CCC(C1)N2. The Morgan fingerprint density at radius 3 is 2.50 bits per heavy atom. The van der Waals surface area contributed by atoms with Crippen molar-refractivity contribution in [2.24, 2.45) is 0 Å². The second-order valence-corrected chi connectivity index (χ2v) is 8.69. The van der Waals surface area contributed by atoms with Gasteiger partial charge in [0.1, 0.15) is 0 Å². The number of hydrogen-bond donors (Lipinski definition) is 1. The summed E-state index contributed by atoms with van der Waals surface area (Å²) in [6, 6.07) is 11.5. The van der Waals surface area contributed by atoms with Crippen LogP contribution in [0.15, 0.2) is 41.3 Å². The van der Waals surface area contributed by atoms with E-state index >= 15 is 0 Å². The van der Waals surface area contributed by atoms with E-state index in [4.69, 9.17) is 11.6 Å². The Kier molecular flexibility index (Phi) is 5.09. The van der Waals surface area contributed by atoms with E-state index in [1.165, 1.54) is 0 Å². The molecular weight excluding hydrogens is 367 g/mol. The van der Waals surface area contributed by atoms with E-state index in [-0.39, 0.29) is 18.4 Å². The molecule has 1 N–H and O–H groups in total. The largest absolute Gasteiger partial charge is 0.310 e. The molecule has 2 atom stereocenters. The highest BCUT2D eigenvalue weighted by Crippen LogP contribution is 2.32. The van der Waals surface area contributed by atoms with E-state index in [1.807, 2.05) is 24.3 Å². The zero-order valence-corrected chi connectivity index (χ0v) is 15.5. The molecule has 2 heterocycles. The lowest BCUT2D eigenvalue weighted by Gasteiger charge is -2.24. The first-order valence-electron chi connectivity index (χ1n) is 7.99. The number of benzene rings is 2. The Labute approximate surface area is 153 Å². The van der Waals surface area contributed by atoms with Gasteiger partial charge >= 0.3 is 0 Å². The Hall–Kier alpha value is -0.850. The summed E-state index contributed by atoms with van der Waals surface area (Å²) in [6.45, 7) is 1.13. The zero-order valence-electron chi connectivity index (χ0n) is 13.1. The number of fused-ring (bicyclic) bond motifs is 3. The molecule has 4 nitrogen and oxygen atoms in total. The highest BCUT2D eigenvalue weighted by molar-refractivity contribution is 7.89. The maximum atomic E-state index is 13.2. The van der Waals surface area contributed by atoms with Crippen LogP contribution in [0.25, 0.3) is 10.8 Å². The van der Waals surface area contributed by atoms with Crippen LogP contribution in [0, 0.1) is 0 Å². The van der Waals surface area contributed by atoms with Gasteiger partial charge in [-0.05, 0) is 31.4 Å². The van der Waals surface area contributed by atoms with E-state index in [0.717, 1.165) is 24.6 Å². The highest BCUT2D eigenvalue weighted by Gasteiger charge is 2.35. The van der Waals surface area contributed by atoms with Crippen LogP contribution in [0.5, 0.6) is 0 Å². The fourth-order valence-corrected chi connectivity index (χ4v) is 5.65. The molecule has 2 bridgehead atoms. The third kappa shape index (κ3) is 3.04. The first-order valence-corrected chi connectivity index (χ1v) is 9.81. The van der Waals surface area contributed by atoms with Crippen LogP contribution >= 0.6 is 24.0 Å². The standard InChI is InChI=1S/C17H19ClN2O2S.ClH/c18-16-7-8-17(15-4-2-1-3-14(15)16)23(21,22)20-10-9-12-5-6-13(11-20)19-12;/h1-4,7-8,12-13,19H,5-6,9-11H2;1H. The van der Waals surface area contributed by atoms with Gasteiger partial charge in [0.15, 0.2) is 0 Å². The molecule has 0 amide bonds. The Balaban J connectivity index is 0.00000169. The first kappa shape index (κ1) is 18.0. The topological polar surface area (TPSA) is 49.4 Å². The summed E-state index contributed by atoms with van der Waals surface area (Å²) in [6.07, 6.45) is 3.09. The molecule has 2 aromatic carbocycles. The average Bonchev–Trinajstić information content (AvgIpc) is 2.86. The number of nitrogens with zero attached hydrogens (tertiary/aromatic N) is 1. The summed E-state index contributed by atoms with van der Waals surface area (Å²) in [4.78, 5) is 0.357. The van der Waals surface area contributed by atoms with Crippen LogP contribution < -0.4 is 5.32 Å². The molecule has 2 aromatic rings. The molecule has 2 saturated heterocycles. The maximum absolute atomic E-state index is 13.2. The molecule has 2 unspecified atom stereocenters. The molecule has 0 saturated carbocycles. The van der Waals surface area contributed by atoms with Crippen molar-refractivity contribution in [1.82, 2.24) is 9.62 Å². The van der Waals surface area contributed by atoms with E-state index in [1.54, 1.807) is 16.4 Å². The van der Waals surface area contributed by atoms with Gasteiger partial charge in [0, 0.05) is 41.0 Å². The van der Waals surface area contributed by atoms with Gasteiger partial charge in [0.2, 0.25) is 10.0 Å². The minimum absolute atomic E-state index is 0. The van der Waals surface area contributed by atoms with Gasteiger partial charge in [0.25, 0.3) is 0 Å². The van der Waals surface area contributed by atoms with E-state index < -0.39 is 10.0 Å². The van der Waals surface area contributed by atoms with Crippen molar-refractivity contribution in [2.45, 2.75) is 36.2 Å². The Morgan fingerprint density at radius 1 is 1.00 bits per heavy atom. The summed E-state index contributed by atoms with van der Waals surface area (Å²) >= 11 is 6.22. The molecule has 130 valence electrons. The van der Waals surface area contributed by atoms with Gasteiger partial charge < -0.3 is 5.32 Å². The van der Waals surface area contributed by atoms with Crippen LogP contribution in [0.1, 0.15) is 19.3 Å². The summed E-state index contributed by atoms with van der Waals surface area (Å²) in [5.74, 6) is 0. The predicted molar refractivity (Wildman–Crippen MR) is 99.5 cm³/mol. The Bertz CT molecular complexity index is 857. The van der Waals surface area contributed by atoms with Gasteiger partial charge in [-0.3, -0.25) is 0 Å². The van der Waals surface area contributed by atoms with Crippen LogP contribution in [0.4, 0.5) is 0 Å². The average molecular weight is 387 g/mol. The summed E-state index contributed by atoms with van der Waals surface area (Å²) in [7, 11) is -3.52. The van der Waals surface area contributed by atoms with Crippen molar-refractivity contribution < 1.29 is 8.42 Å². The number of nitrogens with one attached hydrogen (secondary N) is 1. The molecule has 7 heteroatoms. The number of hydrogen-bond acceptors (Lipinski definition) is 3. The molecule has 2 aliphatic rings. The van der Waals surface area contributed by atoms with E-state index in [2.05, 4.69) is 5.32 Å². The van der Waals surface area contributed by atoms with Gasteiger partial charge in [-0.25, -0.2) is 8.42 Å². The van der Waals surface area contributed by atoms with Crippen molar-refractivity contribution in [1.29, 1.82) is 0 Å². The van der Waals surface area contributed by atoms with Crippen molar-refractivity contribution in [3.63, 3.8) is 0 Å². The van der Waals surface area contributed by atoms with Gasteiger partial charge in [-0.15, -0.1) is 12.4 Å². The van der Waals surface area contributed by atoms with Gasteiger partial charge in [0.05, 0.1) is 4.90 Å². The summed E-state index contributed by atoms with van der Waals surface area (Å²) < 4.78 is 28.0. The second kappa shape index (κ2) is 6.81. The molecule has 4 rings (SSSR count). The molecule has 0 aliphatic carbocycles. The molecule has 2 aliphatic heterocycles. The normalized spacial score (nSPS) is 24.5. The molecule has 0 spiro atoms. The zero-order chi connectivity index (χ0) is 16.0. The predicted octanol–water partition coefficient (Wildman–Crippen LogP) is 3.43. The first-order chi connectivity index (χ1) is 11.1. The van der Waals surface area contributed by atoms with Crippen LogP contribution in [0.3, 0.4) is 0 Å². The van der Waals surface area contributed by atoms with Gasteiger partial charge in [-0.2, -0.15) is 4.31 Å². The number of sulfonamides is 1. The fourth-order valence-electron chi connectivity index (χ4n) is 3.73. The highest BCUT2D eigenvalue weighted by atomic mass is 35.5. The monoisotopic (exact) mass is 386 g/mol. The lowest BCUT2D eigenvalue weighted by Crippen LogP contribution is -2.39.